The molecule has 2 N–H and O–H groups in total. The van der Waals surface area contributed by atoms with Crippen molar-refractivity contribution in [1.29, 1.82) is 0 Å². The van der Waals surface area contributed by atoms with Crippen molar-refractivity contribution in [2.24, 2.45) is 11.8 Å². The van der Waals surface area contributed by atoms with E-state index in [0.29, 0.717) is 19.4 Å². The second-order valence-electron chi connectivity index (χ2n) is 7.19. The van der Waals surface area contributed by atoms with Crippen molar-refractivity contribution >= 4 is 17.8 Å². The van der Waals surface area contributed by atoms with Crippen LogP contribution < -0.4 is 5.32 Å². The number of hydrogen-bond acceptors (Lipinski definition) is 3. The fourth-order valence-corrected chi connectivity index (χ4v) is 3.50. The zero-order valence-electron chi connectivity index (χ0n) is 15.5. The van der Waals surface area contributed by atoms with E-state index in [1.54, 1.807) is 4.90 Å². The summed E-state index contributed by atoms with van der Waals surface area (Å²) >= 11 is 0. The van der Waals surface area contributed by atoms with Gasteiger partial charge in [0.2, 0.25) is 11.8 Å². The summed E-state index contributed by atoms with van der Waals surface area (Å²) in [6.45, 7) is 4.67. The Kier molecular flexibility index (Phi) is 7.18. The van der Waals surface area contributed by atoms with Gasteiger partial charge in [-0.1, -0.05) is 50.6 Å². The average Bonchev–Trinajstić information content (AvgIpc) is 2.61. The molecule has 0 saturated carbocycles. The summed E-state index contributed by atoms with van der Waals surface area (Å²) in [6.07, 6.45) is 2.11. The van der Waals surface area contributed by atoms with Gasteiger partial charge < -0.3 is 15.3 Å². The molecule has 1 saturated heterocycles. The highest BCUT2D eigenvalue weighted by Gasteiger charge is 2.34. The van der Waals surface area contributed by atoms with Gasteiger partial charge in [-0.3, -0.25) is 14.4 Å². The molecule has 26 heavy (non-hydrogen) atoms. The third-order valence-electron chi connectivity index (χ3n) is 4.74. The molecule has 1 aromatic rings. The molecule has 1 heterocycles. The van der Waals surface area contributed by atoms with Crippen molar-refractivity contribution in [3.05, 3.63) is 35.9 Å². The SMILES string of the molecule is CCCC(NC(=O)Cc1ccccc1)C(=O)N1CC(C)CC(C(=O)O)C1. The Hall–Kier alpha value is -2.37. The Labute approximate surface area is 154 Å². The van der Waals surface area contributed by atoms with Crippen molar-refractivity contribution in [2.45, 2.75) is 45.6 Å². The van der Waals surface area contributed by atoms with Crippen molar-refractivity contribution < 1.29 is 19.5 Å². The van der Waals surface area contributed by atoms with Gasteiger partial charge in [0.05, 0.1) is 12.3 Å². The number of nitrogens with one attached hydrogen (secondary N) is 1. The lowest BCUT2D eigenvalue weighted by Gasteiger charge is -2.36. The van der Waals surface area contributed by atoms with E-state index in [0.717, 1.165) is 12.0 Å². The molecule has 0 spiro atoms. The molecular formula is C20H28N2O4. The molecule has 6 heteroatoms. The van der Waals surface area contributed by atoms with E-state index in [4.69, 9.17) is 0 Å². The molecule has 1 aliphatic heterocycles. The lowest BCUT2D eigenvalue weighted by atomic mass is 9.90. The summed E-state index contributed by atoms with van der Waals surface area (Å²) in [6, 6.07) is 8.79. The predicted octanol–water partition coefficient (Wildman–Crippen LogP) is 2.08. The largest absolute Gasteiger partial charge is 0.481 e. The molecule has 0 radical (unpaired) electrons. The lowest BCUT2D eigenvalue weighted by Crippen LogP contribution is -2.53. The molecule has 1 aromatic carbocycles. The highest BCUT2D eigenvalue weighted by atomic mass is 16.4. The molecule has 1 fully saturated rings. The number of likely N-dealkylation sites (tertiary alicyclic amines) is 1. The minimum atomic E-state index is -0.866. The number of carbonyl (C=O) groups is 3. The van der Waals surface area contributed by atoms with Crippen LogP contribution in [0.5, 0.6) is 0 Å². The number of aliphatic carboxylic acids is 1. The summed E-state index contributed by atoms with van der Waals surface area (Å²) in [5.41, 5.74) is 0.894. The minimum absolute atomic E-state index is 0.135. The van der Waals surface area contributed by atoms with Crippen LogP contribution >= 0.6 is 0 Å². The van der Waals surface area contributed by atoms with Gasteiger partial charge in [0.1, 0.15) is 6.04 Å². The van der Waals surface area contributed by atoms with Crippen molar-refractivity contribution in [3.63, 3.8) is 0 Å². The third-order valence-corrected chi connectivity index (χ3v) is 4.74. The van der Waals surface area contributed by atoms with E-state index in [9.17, 15) is 19.5 Å². The van der Waals surface area contributed by atoms with Crippen LogP contribution in [-0.2, 0) is 20.8 Å². The maximum atomic E-state index is 12.9. The Bertz CT molecular complexity index is 632. The topological polar surface area (TPSA) is 86.7 Å². The van der Waals surface area contributed by atoms with E-state index >= 15 is 0 Å². The van der Waals surface area contributed by atoms with Crippen molar-refractivity contribution in [1.82, 2.24) is 10.2 Å². The minimum Gasteiger partial charge on any atom is -0.481 e. The van der Waals surface area contributed by atoms with Gasteiger partial charge in [0, 0.05) is 13.1 Å². The van der Waals surface area contributed by atoms with Crippen LogP contribution in [-0.4, -0.2) is 46.9 Å². The molecule has 0 bridgehead atoms. The van der Waals surface area contributed by atoms with Gasteiger partial charge in [-0.05, 0) is 24.3 Å². The molecule has 3 unspecified atom stereocenters. The van der Waals surface area contributed by atoms with E-state index in [1.807, 2.05) is 44.2 Å². The first-order valence-electron chi connectivity index (χ1n) is 9.25. The Morgan fingerprint density at radius 3 is 2.54 bits per heavy atom. The number of amides is 2. The zero-order chi connectivity index (χ0) is 19.1. The number of hydrogen-bond donors (Lipinski definition) is 2. The van der Waals surface area contributed by atoms with E-state index < -0.39 is 17.9 Å². The normalized spacial score (nSPS) is 21.1. The highest BCUT2D eigenvalue weighted by molar-refractivity contribution is 5.88. The van der Waals surface area contributed by atoms with Crippen LogP contribution in [0, 0.1) is 11.8 Å². The van der Waals surface area contributed by atoms with Crippen molar-refractivity contribution in [2.75, 3.05) is 13.1 Å². The van der Waals surface area contributed by atoms with E-state index in [-0.39, 0.29) is 30.7 Å². The van der Waals surface area contributed by atoms with Crippen LogP contribution in [0.25, 0.3) is 0 Å². The predicted molar refractivity (Wildman–Crippen MR) is 98.5 cm³/mol. The van der Waals surface area contributed by atoms with Gasteiger partial charge >= 0.3 is 5.97 Å². The second kappa shape index (κ2) is 9.36. The first kappa shape index (κ1) is 19.9. The molecule has 6 nitrogen and oxygen atoms in total. The second-order valence-corrected chi connectivity index (χ2v) is 7.19. The number of piperidine rings is 1. The summed E-state index contributed by atoms with van der Waals surface area (Å²) in [7, 11) is 0. The maximum Gasteiger partial charge on any atom is 0.308 e. The summed E-state index contributed by atoms with van der Waals surface area (Å²) in [5, 5.41) is 12.1. The van der Waals surface area contributed by atoms with Crippen molar-refractivity contribution in [3.8, 4) is 0 Å². The average molecular weight is 360 g/mol. The van der Waals surface area contributed by atoms with Gasteiger partial charge in [0.25, 0.3) is 0 Å². The van der Waals surface area contributed by atoms with Crippen LogP contribution in [0.2, 0.25) is 0 Å². The number of carboxylic acid groups (broad SMARTS) is 1. The lowest BCUT2D eigenvalue weighted by molar-refractivity contribution is -0.148. The van der Waals surface area contributed by atoms with E-state index in [2.05, 4.69) is 5.32 Å². The summed E-state index contributed by atoms with van der Waals surface area (Å²) in [5.74, 6) is -1.63. The fourth-order valence-electron chi connectivity index (χ4n) is 3.50. The number of carbonyl (C=O) groups excluding carboxylic acids is 2. The molecule has 2 amide bonds. The van der Waals surface area contributed by atoms with Gasteiger partial charge in [-0.25, -0.2) is 0 Å². The Morgan fingerprint density at radius 1 is 1.23 bits per heavy atom. The van der Waals surface area contributed by atoms with Gasteiger partial charge in [-0.2, -0.15) is 0 Å². The first-order chi connectivity index (χ1) is 12.4. The molecule has 0 aromatic heterocycles. The standard InChI is InChI=1S/C20H28N2O4/c1-3-7-17(21-18(23)11-15-8-5-4-6-9-15)19(24)22-12-14(2)10-16(13-22)20(25)26/h4-6,8-9,14,16-17H,3,7,10-13H2,1-2H3,(H,21,23)(H,25,26). The first-order valence-corrected chi connectivity index (χ1v) is 9.25. The maximum absolute atomic E-state index is 12.9. The molecule has 3 atom stereocenters. The Balaban J connectivity index is 2.01. The molecule has 142 valence electrons. The highest BCUT2D eigenvalue weighted by Crippen LogP contribution is 2.23. The van der Waals surface area contributed by atoms with E-state index in [1.165, 1.54) is 0 Å². The molecular weight excluding hydrogens is 332 g/mol. The smallest absolute Gasteiger partial charge is 0.308 e. The fraction of sp³-hybridized carbons (Fsp3) is 0.550. The zero-order valence-corrected chi connectivity index (χ0v) is 15.5. The van der Waals surface area contributed by atoms with Crippen LogP contribution in [0.1, 0.15) is 38.7 Å². The quantitative estimate of drug-likeness (QED) is 0.779. The number of carboxylic acids is 1. The summed E-state index contributed by atoms with van der Waals surface area (Å²) in [4.78, 5) is 38.2. The monoisotopic (exact) mass is 360 g/mol. The number of rotatable bonds is 7. The number of benzene rings is 1. The van der Waals surface area contributed by atoms with Gasteiger partial charge in [-0.15, -0.1) is 0 Å². The third kappa shape index (κ3) is 5.58. The molecule has 2 rings (SSSR count). The van der Waals surface area contributed by atoms with Gasteiger partial charge in [0.15, 0.2) is 0 Å². The van der Waals surface area contributed by atoms with Crippen LogP contribution in [0.15, 0.2) is 30.3 Å². The van der Waals surface area contributed by atoms with Crippen LogP contribution in [0.4, 0.5) is 0 Å². The molecule has 1 aliphatic rings. The Morgan fingerprint density at radius 2 is 1.92 bits per heavy atom. The van der Waals surface area contributed by atoms with Crippen LogP contribution in [0.3, 0.4) is 0 Å². The summed E-state index contributed by atoms with van der Waals surface area (Å²) < 4.78 is 0. The molecule has 0 aliphatic carbocycles. The number of nitrogens with zero attached hydrogens (tertiary/aromatic N) is 1.